The zero-order valence-corrected chi connectivity index (χ0v) is 14.2. The minimum Gasteiger partial charge on any atom is -0.375 e. The van der Waals surface area contributed by atoms with E-state index >= 15 is 0 Å². The van der Waals surface area contributed by atoms with Crippen molar-refractivity contribution in [3.05, 3.63) is 11.6 Å². The Morgan fingerprint density at radius 2 is 2.33 bits per heavy atom. The SMILES string of the molecule is CCN(CC(=O)N(C)c1nccs1)C1CCOC(C)(C)C1. The average molecular weight is 311 g/mol. The molecule has 2 rings (SSSR count). The van der Waals surface area contributed by atoms with Gasteiger partial charge in [0.1, 0.15) is 0 Å². The summed E-state index contributed by atoms with van der Waals surface area (Å²) in [5.41, 5.74) is -0.0966. The van der Waals surface area contributed by atoms with E-state index in [0.717, 1.165) is 31.1 Å². The second kappa shape index (κ2) is 6.85. The van der Waals surface area contributed by atoms with E-state index < -0.39 is 0 Å². The predicted molar refractivity (Wildman–Crippen MR) is 85.8 cm³/mol. The minimum absolute atomic E-state index is 0.0936. The highest BCUT2D eigenvalue weighted by Gasteiger charge is 2.32. The van der Waals surface area contributed by atoms with Crippen LogP contribution in [0.15, 0.2) is 11.6 Å². The highest BCUT2D eigenvalue weighted by atomic mass is 32.1. The summed E-state index contributed by atoms with van der Waals surface area (Å²) in [6.45, 7) is 8.43. The Balaban J connectivity index is 1.97. The first-order valence-corrected chi connectivity index (χ1v) is 8.35. The van der Waals surface area contributed by atoms with Gasteiger partial charge in [0.2, 0.25) is 5.91 Å². The Labute approximate surface area is 130 Å². The zero-order valence-electron chi connectivity index (χ0n) is 13.3. The topological polar surface area (TPSA) is 45.7 Å². The van der Waals surface area contributed by atoms with Crippen LogP contribution in [0.25, 0.3) is 0 Å². The molecule has 0 aliphatic carbocycles. The van der Waals surface area contributed by atoms with Crippen molar-refractivity contribution in [1.29, 1.82) is 0 Å². The summed E-state index contributed by atoms with van der Waals surface area (Å²) < 4.78 is 5.77. The quantitative estimate of drug-likeness (QED) is 0.837. The number of hydrogen-bond acceptors (Lipinski definition) is 5. The standard InChI is InChI=1S/C15H25N3O2S/c1-5-18(12-6-8-20-15(2,3)10-12)11-13(19)17(4)14-16-7-9-21-14/h7,9,12H,5-6,8,10-11H2,1-4H3. The molecular formula is C15H25N3O2S. The van der Waals surface area contributed by atoms with Crippen LogP contribution in [0.5, 0.6) is 0 Å². The fourth-order valence-corrected chi connectivity index (χ4v) is 3.40. The van der Waals surface area contributed by atoms with Crippen LogP contribution in [0, 0.1) is 0 Å². The maximum absolute atomic E-state index is 12.4. The number of carbonyl (C=O) groups is 1. The first-order valence-electron chi connectivity index (χ1n) is 7.47. The van der Waals surface area contributed by atoms with Gasteiger partial charge in [-0.2, -0.15) is 0 Å². The highest BCUT2D eigenvalue weighted by Crippen LogP contribution is 2.27. The molecule has 1 fully saturated rings. The minimum atomic E-state index is -0.0966. The Morgan fingerprint density at radius 1 is 1.57 bits per heavy atom. The molecule has 21 heavy (non-hydrogen) atoms. The first-order chi connectivity index (χ1) is 9.93. The molecule has 0 saturated carbocycles. The summed E-state index contributed by atoms with van der Waals surface area (Å²) in [4.78, 5) is 20.5. The van der Waals surface area contributed by atoms with Crippen molar-refractivity contribution in [2.45, 2.75) is 45.3 Å². The van der Waals surface area contributed by atoms with E-state index in [0.29, 0.717) is 12.6 Å². The van der Waals surface area contributed by atoms with Crippen LogP contribution in [-0.2, 0) is 9.53 Å². The Morgan fingerprint density at radius 3 is 2.90 bits per heavy atom. The predicted octanol–water partition coefficient (Wildman–Crippen LogP) is 2.39. The molecule has 5 nitrogen and oxygen atoms in total. The third-order valence-electron chi connectivity index (χ3n) is 4.01. The monoisotopic (exact) mass is 311 g/mol. The van der Waals surface area contributed by atoms with Crippen LogP contribution in [0.1, 0.15) is 33.6 Å². The van der Waals surface area contributed by atoms with Crippen molar-refractivity contribution in [2.75, 3.05) is 31.6 Å². The summed E-state index contributed by atoms with van der Waals surface area (Å²) in [6, 6.07) is 0.410. The number of anilines is 1. The van der Waals surface area contributed by atoms with Gasteiger partial charge in [-0.3, -0.25) is 14.6 Å². The first kappa shape index (κ1) is 16.4. The maximum Gasteiger partial charge on any atom is 0.242 e. The van der Waals surface area contributed by atoms with E-state index in [1.807, 2.05) is 5.38 Å². The molecule has 6 heteroatoms. The van der Waals surface area contributed by atoms with Crippen LogP contribution in [-0.4, -0.2) is 54.2 Å². The number of carbonyl (C=O) groups excluding carboxylic acids is 1. The molecule has 1 aromatic heterocycles. The number of thiazole rings is 1. The highest BCUT2D eigenvalue weighted by molar-refractivity contribution is 7.13. The summed E-state index contributed by atoms with van der Waals surface area (Å²) in [7, 11) is 1.79. The van der Waals surface area contributed by atoms with Crippen LogP contribution in [0.2, 0.25) is 0 Å². The molecule has 0 spiro atoms. The summed E-state index contributed by atoms with van der Waals surface area (Å²) >= 11 is 1.48. The molecular weight excluding hydrogens is 286 g/mol. The Bertz CT molecular complexity index is 461. The lowest BCUT2D eigenvalue weighted by Crippen LogP contribution is -2.49. The molecule has 1 atom stereocenters. The van der Waals surface area contributed by atoms with Gasteiger partial charge in [0.15, 0.2) is 5.13 Å². The van der Waals surface area contributed by atoms with Crippen LogP contribution >= 0.6 is 11.3 Å². The van der Waals surface area contributed by atoms with Crippen molar-refractivity contribution < 1.29 is 9.53 Å². The molecule has 1 unspecified atom stereocenters. The number of amides is 1. The lowest BCUT2D eigenvalue weighted by atomic mass is 9.93. The van der Waals surface area contributed by atoms with Gasteiger partial charge in [0.05, 0.1) is 12.1 Å². The molecule has 0 N–H and O–H groups in total. The van der Waals surface area contributed by atoms with E-state index in [9.17, 15) is 4.79 Å². The molecule has 0 aromatic carbocycles. The molecule has 1 aliphatic heterocycles. The van der Waals surface area contributed by atoms with Crippen molar-refractivity contribution in [3.8, 4) is 0 Å². The number of ether oxygens (including phenoxy) is 1. The molecule has 1 aromatic rings. The van der Waals surface area contributed by atoms with E-state index in [2.05, 4.69) is 30.7 Å². The van der Waals surface area contributed by atoms with Crippen molar-refractivity contribution in [2.24, 2.45) is 0 Å². The number of likely N-dealkylation sites (N-methyl/N-ethyl adjacent to an activating group) is 2. The zero-order chi connectivity index (χ0) is 15.5. The molecule has 1 amide bonds. The molecule has 0 radical (unpaired) electrons. The van der Waals surface area contributed by atoms with Gasteiger partial charge < -0.3 is 4.74 Å². The lowest BCUT2D eigenvalue weighted by molar-refractivity contribution is -0.122. The van der Waals surface area contributed by atoms with Crippen LogP contribution in [0.3, 0.4) is 0 Å². The fourth-order valence-electron chi connectivity index (χ4n) is 2.78. The second-order valence-corrected chi connectivity index (χ2v) is 6.96. The summed E-state index contributed by atoms with van der Waals surface area (Å²) in [5, 5.41) is 2.64. The number of nitrogens with zero attached hydrogens (tertiary/aromatic N) is 3. The number of aromatic nitrogens is 1. The smallest absolute Gasteiger partial charge is 0.242 e. The molecule has 1 saturated heterocycles. The van der Waals surface area contributed by atoms with Gasteiger partial charge in [-0.25, -0.2) is 4.98 Å². The third-order valence-corrected chi connectivity index (χ3v) is 4.86. The van der Waals surface area contributed by atoms with E-state index in [1.165, 1.54) is 11.3 Å². The van der Waals surface area contributed by atoms with Crippen LogP contribution < -0.4 is 4.90 Å². The van der Waals surface area contributed by atoms with Gasteiger partial charge in [-0.15, -0.1) is 11.3 Å². The fraction of sp³-hybridized carbons (Fsp3) is 0.733. The average Bonchev–Trinajstić information content (AvgIpc) is 2.96. The number of hydrogen-bond donors (Lipinski definition) is 0. The van der Waals surface area contributed by atoms with E-state index in [4.69, 9.17) is 4.74 Å². The van der Waals surface area contributed by atoms with E-state index in [1.54, 1.807) is 18.1 Å². The Kier molecular flexibility index (Phi) is 5.35. The van der Waals surface area contributed by atoms with Gasteiger partial charge in [-0.05, 0) is 33.2 Å². The number of rotatable bonds is 5. The van der Waals surface area contributed by atoms with Gasteiger partial charge in [0.25, 0.3) is 0 Å². The largest absolute Gasteiger partial charge is 0.375 e. The van der Waals surface area contributed by atoms with Crippen molar-refractivity contribution in [1.82, 2.24) is 9.88 Å². The molecule has 118 valence electrons. The third kappa shape index (κ3) is 4.25. The van der Waals surface area contributed by atoms with Gasteiger partial charge in [-0.1, -0.05) is 6.92 Å². The van der Waals surface area contributed by atoms with Crippen molar-refractivity contribution in [3.63, 3.8) is 0 Å². The van der Waals surface area contributed by atoms with E-state index in [-0.39, 0.29) is 11.5 Å². The Hall–Kier alpha value is -0.980. The van der Waals surface area contributed by atoms with Crippen LogP contribution in [0.4, 0.5) is 5.13 Å². The maximum atomic E-state index is 12.4. The van der Waals surface area contributed by atoms with Gasteiger partial charge >= 0.3 is 0 Å². The molecule has 1 aliphatic rings. The summed E-state index contributed by atoms with van der Waals surface area (Å²) in [5.74, 6) is 0.0936. The molecule has 0 bridgehead atoms. The summed E-state index contributed by atoms with van der Waals surface area (Å²) in [6.07, 6.45) is 3.68. The molecule has 2 heterocycles. The van der Waals surface area contributed by atoms with Crippen molar-refractivity contribution >= 4 is 22.4 Å². The second-order valence-electron chi connectivity index (χ2n) is 6.09. The lowest BCUT2D eigenvalue weighted by Gasteiger charge is -2.41. The van der Waals surface area contributed by atoms with Gasteiger partial charge in [0, 0.05) is 31.3 Å². The normalized spacial score (nSPS) is 21.5.